The van der Waals surface area contributed by atoms with Gasteiger partial charge in [-0.25, -0.2) is 0 Å². The molecule has 0 aliphatic heterocycles. The summed E-state index contributed by atoms with van der Waals surface area (Å²) in [6, 6.07) is 0. The topological polar surface area (TPSA) is 78.9 Å². The van der Waals surface area contributed by atoms with Gasteiger partial charge in [0.15, 0.2) is 6.10 Å². The van der Waals surface area contributed by atoms with E-state index in [9.17, 15) is 14.4 Å². The van der Waals surface area contributed by atoms with Crippen LogP contribution in [0.5, 0.6) is 0 Å². The van der Waals surface area contributed by atoms with Gasteiger partial charge >= 0.3 is 17.9 Å². The van der Waals surface area contributed by atoms with Crippen molar-refractivity contribution in [3.05, 3.63) is 134 Å². The van der Waals surface area contributed by atoms with E-state index in [2.05, 4.69) is 142 Å². The highest BCUT2D eigenvalue weighted by Gasteiger charge is 2.19. The van der Waals surface area contributed by atoms with E-state index in [4.69, 9.17) is 14.2 Å². The van der Waals surface area contributed by atoms with Crippen LogP contribution in [0.25, 0.3) is 0 Å². The molecule has 0 spiro atoms. The molecular weight excluding hydrogens is 841 g/mol. The zero-order valence-corrected chi connectivity index (χ0v) is 43.6. The lowest BCUT2D eigenvalue weighted by molar-refractivity contribution is -0.166. The number of carbonyl (C=O) groups is 3. The first kappa shape index (κ1) is 63.5. The molecule has 0 aliphatic rings. The van der Waals surface area contributed by atoms with Crippen LogP contribution in [0.3, 0.4) is 0 Å². The summed E-state index contributed by atoms with van der Waals surface area (Å²) in [7, 11) is 0. The van der Waals surface area contributed by atoms with Crippen molar-refractivity contribution >= 4 is 17.9 Å². The first-order valence-corrected chi connectivity index (χ1v) is 27.2. The Hall–Kier alpha value is -4.45. The second kappa shape index (κ2) is 55.1. The van der Waals surface area contributed by atoms with Crippen molar-refractivity contribution in [2.75, 3.05) is 13.2 Å². The first-order valence-electron chi connectivity index (χ1n) is 27.2. The fourth-order valence-corrected chi connectivity index (χ4v) is 6.78. The molecule has 6 nitrogen and oxygen atoms in total. The van der Waals surface area contributed by atoms with Crippen molar-refractivity contribution in [3.8, 4) is 0 Å². The molecule has 0 saturated heterocycles. The third kappa shape index (κ3) is 52.5. The average molecular weight is 939 g/mol. The van der Waals surface area contributed by atoms with Crippen LogP contribution < -0.4 is 0 Å². The number of rotatable bonds is 47. The Morgan fingerprint density at radius 2 is 0.618 bits per heavy atom. The molecule has 0 radical (unpaired) electrons. The molecule has 0 aromatic rings. The van der Waals surface area contributed by atoms with E-state index in [1.165, 1.54) is 44.9 Å². The van der Waals surface area contributed by atoms with Gasteiger partial charge in [0.05, 0.1) is 0 Å². The molecule has 0 aliphatic carbocycles. The molecule has 0 fully saturated rings. The second-order valence-electron chi connectivity index (χ2n) is 17.4. The number of allylic oxidation sites excluding steroid dienone is 22. The van der Waals surface area contributed by atoms with E-state index < -0.39 is 6.10 Å². The third-order valence-electron chi connectivity index (χ3n) is 10.9. The maximum atomic E-state index is 12.8. The van der Waals surface area contributed by atoms with Gasteiger partial charge in [0, 0.05) is 19.3 Å². The predicted octanol–water partition coefficient (Wildman–Crippen LogP) is 18.3. The summed E-state index contributed by atoms with van der Waals surface area (Å²) in [6.45, 7) is 6.34. The number of ether oxygens (including phenoxy) is 3. The van der Waals surface area contributed by atoms with Gasteiger partial charge in [-0.05, 0) is 122 Å². The second-order valence-corrected chi connectivity index (χ2v) is 17.4. The summed E-state index contributed by atoms with van der Waals surface area (Å²) in [4.78, 5) is 38.0. The zero-order chi connectivity index (χ0) is 49.3. The average Bonchev–Trinajstić information content (AvgIpc) is 3.34. The minimum atomic E-state index is -0.831. The lowest BCUT2D eigenvalue weighted by atomic mass is 10.1. The SMILES string of the molecule is CC/C=C\C/C=C\C/C=C\C/C=C\C/C=C\C/C=C\CCC(=O)OC[C@@H](COC(=O)CCCCCCC/C=C\C/C=C\CCCC)OC(=O)CCCCCC/C=C\C/C=C\C/C=C\CCCCC. The number of hydrogen-bond acceptors (Lipinski definition) is 6. The maximum absolute atomic E-state index is 12.8. The summed E-state index contributed by atoms with van der Waals surface area (Å²) < 4.78 is 16.7. The molecule has 0 aromatic carbocycles. The highest BCUT2D eigenvalue weighted by molar-refractivity contribution is 5.71. The molecule has 0 aromatic heterocycles. The highest BCUT2D eigenvalue weighted by atomic mass is 16.6. The van der Waals surface area contributed by atoms with Crippen molar-refractivity contribution < 1.29 is 28.6 Å². The molecule has 1 atom stereocenters. The normalized spacial score (nSPS) is 13.2. The van der Waals surface area contributed by atoms with Gasteiger partial charge < -0.3 is 14.2 Å². The minimum absolute atomic E-state index is 0.123. The molecular formula is C62H98O6. The Balaban J connectivity index is 4.59. The summed E-state index contributed by atoms with van der Waals surface area (Å²) >= 11 is 0. The monoisotopic (exact) mass is 939 g/mol. The molecule has 0 heterocycles. The third-order valence-corrected chi connectivity index (χ3v) is 10.9. The van der Waals surface area contributed by atoms with Gasteiger partial charge in [-0.15, -0.1) is 0 Å². The Kier molecular flexibility index (Phi) is 51.5. The van der Waals surface area contributed by atoms with Gasteiger partial charge in [-0.1, -0.05) is 212 Å². The number of carbonyl (C=O) groups excluding carboxylic acids is 3. The lowest BCUT2D eigenvalue weighted by Gasteiger charge is -2.18. The standard InChI is InChI=1S/C62H98O6/c1-4-7-10-13-16-19-22-25-28-30-31-33-34-37-40-43-46-49-52-55-61(64)67-58-59(57-66-60(63)54-51-48-45-42-39-36-27-24-21-18-15-12-9-6-3)68-62(65)56-53-50-47-44-41-38-35-32-29-26-23-20-17-14-11-8-5-2/h7,10,15-20,24-29,31,33,35,37-38,40,46,49,59H,4-6,8-9,11-14,21-23,30,32,34,36,39,41-45,47-48,50-58H2,1-3H3/b10-7-,18-15-,19-16-,20-17-,27-24-,28-25-,29-26-,33-31-,38-35-,40-37-,49-46-/t59-/m1/s1. The molecule has 382 valence electrons. The molecule has 6 heteroatoms. The lowest BCUT2D eigenvalue weighted by Crippen LogP contribution is -2.30. The molecule has 0 rings (SSSR count). The van der Waals surface area contributed by atoms with Crippen LogP contribution in [0, 0.1) is 0 Å². The molecule has 0 bridgehead atoms. The number of esters is 3. The van der Waals surface area contributed by atoms with E-state index in [0.29, 0.717) is 12.8 Å². The van der Waals surface area contributed by atoms with Gasteiger partial charge in [0.2, 0.25) is 0 Å². The van der Waals surface area contributed by atoms with Crippen LogP contribution in [-0.4, -0.2) is 37.2 Å². The Bertz CT molecular complexity index is 1500. The summed E-state index contributed by atoms with van der Waals surface area (Å²) in [5, 5.41) is 0. The smallest absolute Gasteiger partial charge is 0.306 e. The van der Waals surface area contributed by atoms with Crippen LogP contribution in [0.15, 0.2) is 134 Å². The Morgan fingerprint density at radius 1 is 0.309 bits per heavy atom. The van der Waals surface area contributed by atoms with Crippen LogP contribution in [0.1, 0.15) is 220 Å². The fourth-order valence-electron chi connectivity index (χ4n) is 6.78. The Morgan fingerprint density at radius 3 is 1.03 bits per heavy atom. The predicted molar refractivity (Wildman–Crippen MR) is 292 cm³/mol. The van der Waals surface area contributed by atoms with E-state index in [1.807, 2.05) is 12.2 Å². The van der Waals surface area contributed by atoms with Crippen molar-refractivity contribution in [1.82, 2.24) is 0 Å². The number of hydrogen-bond donors (Lipinski definition) is 0. The van der Waals surface area contributed by atoms with E-state index in [0.717, 1.165) is 128 Å². The molecule has 0 saturated carbocycles. The van der Waals surface area contributed by atoms with Crippen LogP contribution in [0.4, 0.5) is 0 Å². The van der Waals surface area contributed by atoms with Crippen molar-refractivity contribution in [1.29, 1.82) is 0 Å². The zero-order valence-electron chi connectivity index (χ0n) is 43.6. The maximum Gasteiger partial charge on any atom is 0.306 e. The van der Waals surface area contributed by atoms with Gasteiger partial charge in [0.25, 0.3) is 0 Å². The molecule has 0 unspecified atom stereocenters. The van der Waals surface area contributed by atoms with Crippen molar-refractivity contribution in [3.63, 3.8) is 0 Å². The fraction of sp³-hybridized carbons (Fsp3) is 0.597. The van der Waals surface area contributed by atoms with Crippen molar-refractivity contribution in [2.45, 2.75) is 226 Å². The largest absolute Gasteiger partial charge is 0.462 e. The summed E-state index contributed by atoms with van der Waals surface area (Å²) in [5.41, 5.74) is 0. The highest BCUT2D eigenvalue weighted by Crippen LogP contribution is 2.12. The van der Waals surface area contributed by atoms with Gasteiger partial charge in [-0.3, -0.25) is 14.4 Å². The minimum Gasteiger partial charge on any atom is -0.462 e. The van der Waals surface area contributed by atoms with E-state index in [-0.39, 0.29) is 44.0 Å². The number of unbranched alkanes of at least 4 members (excludes halogenated alkanes) is 14. The van der Waals surface area contributed by atoms with Crippen LogP contribution in [-0.2, 0) is 28.6 Å². The molecule has 0 amide bonds. The quantitative estimate of drug-likeness (QED) is 0.0262. The summed E-state index contributed by atoms with van der Waals surface area (Å²) in [6.07, 6.45) is 77.3. The van der Waals surface area contributed by atoms with E-state index >= 15 is 0 Å². The summed E-state index contributed by atoms with van der Waals surface area (Å²) in [5.74, 6) is -1.05. The Labute approximate surface area is 417 Å². The molecule has 0 N–H and O–H groups in total. The molecule has 68 heavy (non-hydrogen) atoms. The van der Waals surface area contributed by atoms with Crippen LogP contribution in [0.2, 0.25) is 0 Å². The van der Waals surface area contributed by atoms with Gasteiger partial charge in [0.1, 0.15) is 13.2 Å². The first-order chi connectivity index (χ1) is 33.5. The van der Waals surface area contributed by atoms with Crippen molar-refractivity contribution in [2.24, 2.45) is 0 Å². The van der Waals surface area contributed by atoms with E-state index in [1.54, 1.807) is 0 Å². The van der Waals surface area contributed by atoms with Crippen LogP contribution >= 0.6 is 0 Å². The van der Waals surface area contributed by atoms with Gasteiger partial charge in [-0.2, -0.15) is 0 Å².